The van der Waals surface area contributed by atoms with E-state index in [-0.39, 0.29) is 6.54 Å². The number of carboxylic acid groups (broad SMARTS) is 1. The van der Waals surface area contributed by atoms with Gasteiger partial charge < -0.3 is 84.2 Å². The van der Waals surface area contributed by atoms with E-state index >= 15 is 0 Å². The van der Waals surface area contributed by atoms with Gasteiger partial charge in [-0.15, -0.1) is 0 Å². The van der Waals surface area contributed by atoms with E-state index in [2.05, 4.69) is 21.3 Å². The van der Waals surface area contributed by atoms with E-state index in [1.165, 1.54) is 20.8 Å². The van der Waals surface area contributed by atoms with Crippen LogP contribution in [0.25, 0.3) is 0 Å². The predicted molar refractivity (Wildman–Crippen MR) is 209 cm³/mol. The van der Waals surface area contributed by atoms with Crippen LogP contribution in [-0.2, 0) is 54.5 Å². The maximum absolute atomic E-state index is 13.6. The first kappa shape index (κ1) is 51.8. The lowest BCUT2D eigenvalue weighted by molar-refractivity contribution is -0.148. The van der Waals surface area contributed by atoms with Gasteiger partial charge in [-0.05, 0) is 25.3 Å². The Bertz CT molecular complexity index is 1800. The largest absolute Gasteiger partial charge is 0.479 e. The lowest BCUT2D eigenvalue weighted by atomic mass is 9.99. The number of primary amides is 1. The number of rotatable bonds is 13. The molecule has 17 N–H and O–H groups in total. The minimum Gasteiger partial charge on any atom is -0.479 e. The van der Waals surface area contributed by atoms with E-state index in [0.29, 0.717) is 0 Å². The van der Waals surface area contributed by atoms with Crippen molar-refractivity contribution in [2.75, 3.05) is 19.7 Å². The summed E-state index contributed by atoms with van der Waals surface area (Å²) >= 11 is 0. The number of benzene rings is 1. The maximum Gasteiger partial charge on any atom is 0.336 e. The first-order valence-electron chi connectivity index (χ1n) is 19.0. The highest BCUT2D eigenvalue weighted by Crippen LogP contribution is 2.09. The van der Waals surface area contributed by atoms with Gasteiger partial charge in [-0.25, -0.2) is 4.79 Å². The third kappa shape index (κ3) is 15.3. The van der Waals surface area contributed by atoms with Crippen molar-refractivity contribution in [2.45, 2.75) is 101 Å². The van der Waals surface area contributed by atoms with E-state index in [9.17, 15) is 78.6 Å². The summed E-state index contributed by atoms with van der Waals surface area (Å²) in [6.45, 7) is 2.44. The summed E-state index contributed by atoms with van der Waals surface area (Å²) in [5.74, 6) is -15.1. The average molecular weight is 883 g/mol. The van der Waals surface area contributed by atoms with Crippen molar-refractivity contribution in [1.82, 2.24) is 47.9 Å². The van der Waals surface area contributed by atoms with Gasteiger partial charge in [-0.3, -0.25) is 43.2 Å². The van der Waals surface area contributed by atoms with Crippen molar-refractivity contribution < 1.29 is 78.6 Å². The van der Waals surface area contributed by atoms with Crippen LogP contribution < -0.4 is 53.6 Å². The average Bonchev–Trinajstić information content (AvgIpc) is 3.22. The number of aliphatic hydroxyl groups excluding tert-OH is 5. The van der Waals surface area contributed by atoms with E-state index in [0.717, 1.165) is 12.5 Å². The zero-order valence-electron chi connectivity index (χ0n) is 34.0. The highest BCUT2D eigenvalue weighted by molar-refractivity contribution is 6.06. The van der Waals surface area contributed by atoms with Crippen LogP contribution in [0, 0.1) is 5.92 Å². The summed E-state index contributed by atoms with van der Waals surface area (Å²) < 4.78 is 0. The lowest BCUT2D eigenvalue weighted by Crippen LogP contribution is -2.66. The molecule has 1 aliphatic heterocycles. The van der Waals surface area contributed by atoms with Crippen molar-refractivity contribution in [3.8, 4) is 0 Å². The normalized spacial score (nSPS) is 25.9. The van der Waals surface area contributed by atoms with E-state index in [4.69, 9.17) is 5.73 Å². The standard InChI is InChI=1S/C36H54N10O16/c1-14(2)21-33(58)45-23(25(50)26(51)27(37)52)34(59)44-22(16(4)48)32(57)40-12-20(49)31(56)46-24(36(61)62)35(60)41-18(29(54)42-19(13-47)30(55)43-21)11-39-28(53)15(3)38-10-17-8-6-5-7-9-17/h5-9,14-16,18-26,38,47-51H,10-13H2,1-4H3,(H2,37,52)(H,39,53)(H,40,57)(H,41,60)(H,42,54)(H,43,55)(H,44,59)(H,45,58)(H,46,56)(H,61,62). The van der Waals surface area contributed by atoms with Gasteiger partial charge in [0.25, 0.3) is 11.8 Å². The number of carbonyl (C=O) groups is 10. The molecular weight excluding hydrogens is 828 g/mol. The van der Waals surface area contributed by atoms with Gasteiger partial charge in [0.2, 0.25) is 47.4 Å². The van der Waals surface area contributed by atoms with Crippen LogP contribution in [0.3, 0.4) is 0 Å². The fraction of sp³-hybridized carbons (Fsp3) is 0.556. The molecule has 11 unspecified atom stereocenters. The van der Waals surface area contributed by atoms with Crippen molar-refractivity contribution in [3.05, 3.63) is 35.9 Å². The topological polar surface area (TPSA) is 426 Å². The van der Waals surface area contributed by atoms with E-state index < -0.39 is 151 Å². The second-order valence-electron chi connectivity index (χ2n) is 14.5. The zero-order valence-corrected chi connectivity index (χ0v) is 34.0. The first-order chi connectivity index (χ1) is 29.0. The molecule has 2 rings (SSSR count). The Kier molecular flexibility index (Phi) is 20.2. The SMILES string of the molecule is CC(NCc1ccccc1)C(=O)NCC1NC(=O)C(C(=O)O)NC(=O)C(O)CNC(=O)C(C(C)O)NC(=O)C(C(O)C(O)C(N)=O)NC(=O)C(C(C)C)NC(=O)C(CO)NC1=O. The molecule has 0 aliphatic carbocycles. The van der Waals surface area contributed by atoms with Crippen LogP contribution >= 0.6 is 0 Å². The third-order valence-corrected chi connectivity index (χ3v) is 9.19. The Labute approximate surface area is 353 Å². The number of nitrogens with one attached hydrogen (secondary N) is 9. The van der Waals surface area contributed by atoms with Gasteiger partial charge >= 0.3 is 5.97 Å². The van der Waals surface area contributed by atoms with Gasteiger partial charge in [0.15, 0.2) is 6.10 Å². The summed E-state index contributed by atoms with van der Waals surface area (Å²) in [5, 5.41) is 81.0. The van der Waals surface area contributed by atoms with E-state index in [1.807, 2.05) is 21.3 Å². The highest BCUT2D eigenvalue weighted by Gasteiger charge is 2.41. The molecule has 9 amide bonds. The molecule has 0 bridgehead atoms. The molecular formula is C36H54N10O16. The summed E-state index contributed by atoms with van der Waals surface area (Å²) in [7, 11) is 0. The number of aliphatic hydroxyl groups is 5. The molecule has 26 nitrogen and oxygen atoms in total. The van der Waals surface area contributed by atoms with Crippen LogP contribution in [0.4, 0.5) is 0 Å². The second kappa shape index (κ2) is 24.2. The van der Waals surface area contributed by atoms with Crippen molar-refractivity contribution in [2.24, 2.45) is 11.7 Å². The zero-order chi connectivity index (χ0) is 47.0. The quantitative estimate of drug-likeness (QED) is 0.0818. The molecule has 1 saturated heterocycles. The van der Waals surface area contributed by atoms with Crippen LogP contribution in [0.15, 0.2) is 30.3 Å². The molecule has 1 aliphatic rings. The summed E-state index contributed by atoms with van der Waals surface area (Å²) in [6, 6.07) is -4.54. The van der Waals surface area contributed by atoms with Crippen LogP contribution in [-0.4, -0.2) is 176 Å². The molecule has 344 valence electrons. The smallest absolute Gasteiger partial charge is 0.336 e. The summed E-state index contributed by atoms with van der Waals surface area (Å²) in [5.41, 5.74) is 5.88. The van der Waals surface area contributed by atoms with Crippen molar-refractivity contribution in [1.29, 1.82) is 0 Å². The van der Waals surface area contributed by atoms with Crippen LogP contribution in [0.2, 0.25) is 0 Å². The minimum absolute atomic E-state index is 0.235. The number of carbonyl (C=O) groups excluding carboxylic acids is 9. The monoisotopic (exact) mass is 882 g/mol. The minimum atomic E-state index is -2.55. The fourth-order valence-corrected chi connectivity index (χ4v) is 5.46. The van der Waals surface area contributed by atoms with Gasteiger partial charge in [-0.1, -0.05) is 44.2 Å². The molecule has 1 aromatic rings. The predicted octanol–water partition coefficient (Wildman–Crippen LogP) is -9.00. The molecule has 0 radical (unpaired) electrons. The number of carboxylic acids is 1. The first-order valence-corrected chi connectivity index (χ1v) is 19.0. The molecule has 1 fully saturated rings. The van der Waals surface area contributed by atoms with Gasteiger partial charge in [0.1, 0.15) is 42.4 Å². The Hall–Kier alpha value is -6.32. The van der Waals surface area contributed by atoms with E-state index in [1.54, 1.807) is 35.6 Å². The number of aliphatic carboxylic acids is 1. The molecule has 62 heavy (non-hydrogen) atoms. The molecule has 0 spiro atoms. The lowest BCUT2D eigenvalue weighted by Gasteiger charge is -2.31. The Morgan fingerprint density at radius 1 is 0.726 bits per heavy atom. The highest BCUT2D eigenvalue weighted by atomic mass is 16.4. The maximum atomic E-state index is 13.6. The molecule has 0 aromatic heterocycles. The van der Waals surface area contributed by atoms with Crippen molar-refractivity contribution >= 4 is 59.1 Å². The number of hydrogen-bond acceptors (Lipinski definition) is 16. The molecule has 1 heterocycles. The third-order valence-electron chi connectivity index (χ3n) is 9.19. The molecule has 11 atom stereocenters. The van der Waals surface area contributed by atoms with Crippen LogP contribution in [0.5, 0.6) is 0 Å². The van der Waals surface area contributed by atoms with Gasteiger partial charge in [0, 0.05) is 13.1 Å². The van der Waals surface area contributed by atoms with Crippen molar-refractivity contribution in [3.63, 3.8) is 0 Å². The second-order valence-corrected chi connectivity index (χ2v) is 14.5. The summed E-state index contributed by atoms with van der Waals surface area (Å²) in [6.07, 6.45) is -9.18. The number of nitrogens with two attached hydrogens (primary N) is 1. The number of hydrogen-bond donors (Lipinski definition) is 16. The van der Waals surface area contributed by atoms with Gasteiger partial charge in [0.05, 0.1) is 25.3 Å². The molecule has 0 saturated carbocycles. The number of amides is 9. The Morgan fingerprint density at radius 2 is 1.27 bits per heavy atom. The summed E-state index contributed by atoms with van der Waals surface area (Å²) in [4.78, 5) is 130. The molecule has 1 aromatic carbocycles. The Morgan fingerprint density at radius 3 is 1.82 bits per heavy atom. The Balaban J connectivity index is 2.58. The van der Waals surface area contributed by atoms with Crippen LogP contribution in [0.1, 0.15) is 33.3 Å². The van der Waals surface area contributed by atoms with Gasteiger partial charge in [-0.2, -0.15) is 0 Å². The fourth-order valence-electron chi connectivity index (χ4n) is 5.46. The number of β-amino-alcohol motifs (C(OH)–C–C–N with tert-alkyl or cyclic N) is 1. The molecule has 26 heteroatoms.